The molecule has 2 N–H and O–H groups in total. The van der Waals surface area contributed by atoms with Gasteiger partial charge < -0.3 is 29.2 Å². The van der Waals surface area contributed by atoms with Crippen LogP contribution in [-0.2, 0) is 33.3 Å². The number of ketones is 1. The van der Waals surface area contributed by atoms with Gasteiger partial charge in [0, 0.05) is 18.8 Å². The molecule has 4 aliphatic rings. The van der Waals surface area contributed by atoms with E-state index in [1.807, 2.05) is 0 Å². The van der Waals surface area contributed by atoms with Crippen LogP contribution in [0.15, 0.2) is 0 Å². The van der Waals surface area contributed by atoms with Gasteiger partial charge in [0.2, 0.25) is 6.79 Å². The van der Waals surface area contributed by atoms with Crippen molar-refractivity contribution >= 4 is 23.9 Å². The van der Waals surface area contributed by atoms with E-state index >= 15 is 0 Å². The van der Waals surface area contributed by atoms with Crippen LogP contribution in [0.1, 0.15) is 98.3 Å². The van der Waals surface area contributed by atoms with Crippen molar-refractivity contribution in [1.29, 1.82) is 0 Å². The summed E-state index contributed by atoms with van der Waals surface area (Å²) in [5.41, 5.74) is 0.371. The third-order valence-corrected chi connectivity index (χ3v) is 11.5. The quantitative estimate of drug-likeness (QED) is 0.198. The predicted octanol–water partition coefficient (Wildman–Crippen LogP) is 4.57. The first-order chi connectivity index (χ1) is 19.9. The van der Waals surface area contributed by atoms with Gasteiger partial charge in [0.15, 0.2) is 0 Å². The van der Waals surface area contributed by atoms with Crippen molar-refractivity contribution in [2.75, 3.05) is 20.0 Å². The first kappa shape index (κ1) is 32.7. The van der Waals surface area contributed by atoms with Gasteiger partial charge in [-0.2, -0.15) is 0 Å². The zero-order valence-corrected chi connectivity index (χ0v) is 25.7. The Balaban J connectivity index is 1.18. The average molecular weight is 595 g/mol. The van der Waals surface area contributed by atoms with Gasteiger partial charge in [0.05, 0.1) is 13.2 Å². The van der Waals surface area contributed by atoms with Gasteiger partial charge in [-0.15, -0.1) is 0 Å². The molecular formula is C32H50O10. The molecule has 0 aromatic carbocycles. The number of ether oxygens (including phenoxy) is 4. The number of aliphatic hydroxyl groups excluding tert-OH is 2. The molecule has 0 amide bonds. The Morgan fingerprint density at radius 2 is 1.50 bits per heavy atom. The number of aliphatic hydroxyl groups is 2. The first-order valence-electron chi connectivity index (χ1n) is 15.8. The fourth-order valence-electron chi connectivity index (χ4n) is 9.37. The summed E-state index contributed by atoms with van der Waals surface area (Å²) in [4.78, 5) is 48.7. The summed E-state index contributed by atoms with van der Waals surface area (Å²) in [6, 6.07) is 0. The minimum Gasteiger partial charge on any atom is -0.457 e. The molecule has 4 fully saturated rings. The normalized spacial score (nSPS) is 36.2. The molecule has 10 heteroatoms. The number of carbonyl (C=O) groups excluding carboxylic acids is 4. The first-order valence-corrected chi connectivity index (χ1v) is 15.8. The summed E-state index contributed by atoms with van der Waals surface area (Å²) in [7, 11) is 0. The van der Waals surface area contributed by atoms with Crippen LogP contribution in [0.3, 0.4) is 0 Å². The maximum atomic E-state index is 12.4. The van der Waals surface area contributed by atoms with Gasteiger partial charge in [-0.3, -0.25) is 14.4 Å². The smallest absolute Gasteiger partial charge is 0.457 e. The lowest BCUT2D eigenvalue weighted by Gasteiger charge is -2.61. The van der Waals surface area contributed by atoms with Crippen LogP contribution in [0.25, 0.3) is 0 Å². The van der Waals surface area contributed by atoms with Crippen LogP contribution in [0, 0.1) is 46.3 Å². The summed E-state index contributed by atoms with van der Waals surface area (Å²) in [6.07, 6.45) is 7.19. The highest BCUT2D eigenvalue weighted by molar-refractivity contribution is 5.79. The van der Waals surface area contributed by atoms with Crippen LogP contribution in [0.4, 0.5) is 4.79 Å². The molecule has 0 aliphatic heterocycles. The Morgan fingerprint density at radius 1 is 0.833 bits per heavy atom. The van der Waals surface area contributed by atoms with Crippen LogP contribution < -0.4 is 0 Å². The zero-order chi connectivity index (χ0) is 30.7. The Hall–Kier alpha value is -2.20. The minimum absolute atomic E-state index is 0.0864. The molecule has 4 rings (SSSR count). The third-order valence-electron chi connectivity index (χ3n) is 11.5. The van der Waals surface area contributed by atoms with Gasteiger partial charge in [-0.1, -0.05) is 20.8 Å². The molecule has 238 valence electrons. The summed E-state index contributed by atoms with van der Waals surface area (Å²) >= 11 is 0. The van der Waals surface area contributed by atoms with E-state index in [2.05, 4.69) is 13.8 Å². The highest BCUT2D eigenvalue weighted by Gasteiger charge is 2.61. The fraction of sp³-hybridized carbons (Fsp3) is 0.875. The molecule has 4 saturated carbocycles. The van der Waals surface area contributed by atoms with Crippen molar-refractivity contribution in [1.82, 2.24) is 0 Å². The molecule has 0 saturated heterocycles. The van der Waals surface area contributed by atoms with E-state index in [-0.39, 0.29) is 35.7 Å². The maximum absolute atomic E-state index is 12.4. The Labute approximate surface area is 249 Å². The van der Waals surface area contributed by atoms with E-state index < -0.39 is 50.1 Å². The topological polar surface area (TPSA) is 146 Å². The fourth-order valence-corrected chi connectivity index (χ4v) is 9.37. The lowest BCUT2D eigenvalue weighted by Crippen LogP contribution is -2.54. The molecule has 0 bridgehead atoms. The molecular weight excluding hydrogens is 544 g/mol. The monoisotopic (exact) mass is 594 g/mol. The van der Waals surface area contributed by atoms with Crippen molar-refractivity contribution < 1.29 is 48.3 Å². The molecule has 4 aliphatic carbocycles. The van der Waals surface area contributed by atoms with Crippen LogP contribution in [-0.4, -0.2) is 66.3 Å². The second-order valence-corrected chi connectivity index (χ2v) is 14.0. The van der Waals surface area contributed by atoms with E-state index in [4.69, 9.17) is 29.2 Å². The summed E-state index contributed by atoms with van der Waals surface area (Å²) < 4.78 is 20.5. The van der Waals surface area contributed by atoms with Crippen molar-refractivity contribution in [3.8, 4) is 0 Å². The van der Waals surface area contributed by atoms with Gasteiger partial charge in [-0.05, 0) is 105 Å². The van der Waals surface area contributed by atoms with Crippen molar-refractivity contribution in [2.24, 2.45) is 46.3 Å². The molecule has 0 aromatic heterocycles. The number of Topliss-reactive ketones (excluding diaryl/α,β-unsaturated/α-hetero) is 1. The maximum Gasteiger partial charge on any atom is 0.511 e. The Bertz CT molecular complexity index is 994. The molecule has 10 nitrogen and oxygen atoms in total. The second kappa shape index (κ2) is 13.6. The molecule has 9 atom stereocenters. The Morgan fingerprint density at radius 3 is 2.19 bits per heavy atom. The van der Waals surface area contributed by atoms with Crippen LogP contribution in [0.2, 0.25) is 0 Å². The summed E-state index contributed by atoms with van der Waals surface area (Å²) in [5.74, 6) is 1.36. The number of esters is 2. The number of hydrogen-bond acceptors (Lipinski definition) is 10. The van der Waals surface area contributed by atoms with Gasteiger partial charge in [-0.25, -0.2) is 4.79 Å². The molecule has 2 unspecified atom stereocenters. The van der Waals surface area contributed by atoms with E-state index in [9.17, 15) is 19.2 Å². The number of carbonyl (C=O) groups is 4. The van der Waals surface area contributed by atoms with Crippen molar-refractivity contribution in [3.05, 3.63) is 0 Å². The van der Waals surface area contributed by atoms with Gasteiger partial charge in [0.1, 0.15) is 18.0 Å². The van der Waals surface area contributed by atoms with Gasteiger partial charge >= 0.3 is 18.1 Å². The highest BCUT2D eigenvalue weighted by atomic mass is 16.8. The Kier molecular flexibility index (Phi) is 10.6. The third kappa shape index (κ3) is 6.95. The zero-order valence-electron chi connectivity index (χ0n) is 25.7. The van der Waals surface area contributed by atoms with E-state index in [1.54, 1.807) is 13.8 Å². The second-order valence-electron chi connectivity index (χ2n) is 14.0. The SMILES string of the molecule is CC(=O)[C@H]1CC[C@H]2[C@@H]3CC[C@H]4CC(OC(=O)OCOC(=O)CC(C)CC(=O)OC(CO)CO)CC[C@]4(C)[C@H]3CC[C@]12C. The van der Waals surface area contributed by atoms with Crippen LogP contribution in [0.5, 0.6) is 0 Å². The number of fused-ring (bicyclic) bond motifs is 5. The molecule has 42 heavy (non-hydrogen) atoms. The summed E-state index contributed by atoms with van der Waals surface area (Å²) in [6.45, 7) is 6.72. The molecule has 0 heterocycles. The van der Waals surface area contributed by atoms with E-state index in [1.165, 1.54) is 19.3 Å². The van der Waals surface area contributed by atoms with E-state index in [0.29, 0.717) is 29.5 Å². The molecule has 0 aromatic rings. The molecule has 0 spiro atoms. The van der Waals surface area contributed by atoms with Crippen molar-refractivity contribution in [3.63, 3.8) is 0 Å². The largest absolute Gasteiger partial charge is 0.511 e. The average Bonchev–Trinajstić information content (AvgIpc) is 3.29. The predicted molar refractivity (Wildman–Crippen MR) is 151 cm³/mol. The number of rotatable bonds is 11. The van der Waals surface area contributed by atoms with Crippen LogP contribution >= 0.6 is 0 Å². The lowest BCUT2D eigenvalue weighted by molar-refractivity contribution is -0.158. The highest BCUT2D eigenvalue weighted by Crippen LogP contribution is 2.67. The van der Waals surface area contributed by atoms with Gasteiger partial charge in [0.25, 0.3) is 0 Å². The standard InChI is InChI=1S/C32H50O10/c1-19(14-29(37)41-23(16-33)17-34)13-28(36)39-18-40-30(38)42-22-9-11-31(3)21(15-22)5-6-24-26-8-7-25(20(2)35)32(26,4)12-10-27(24)31/h19,21-27,33-34H,5-18H2,1-4H3/t19?,21-,22?,24-,25+,26-,27-,31-,32+/m0/s1. The minimum atomic E-state index is -0.985. The molecule has 0 radical (unpaired) electrons. The van der Waals surface area contributed by atoms with Crippen molar-refractivity contribution in [2.45, 2.75) is 111 Å². The number of hydrogen-bond donors (Lipinski definition) is 2. The lowest BCUT2D eigenvalue weighted by atomic mass is 9.44. The van der Waals surface area contributed by atoms with E-state index in [0.717, 1.165) is 38.5 Å². The summed E-state index contributed by atoms with van der Waals surface area (Å²) in [5, 5.41) is 18.0.